The Labute approximate surface area is 261 Å². The second-order valence-corrected chi connectivity index (χ2v) is 15.7. The van der Waals surface area contributed by atoms with E-state index in [1.54, 1.807) is 0 Å². The van der Waals surface area contributed by atoms with Crippen molar-refractivity contribution in [2.24, 2.45) is 22.7 Å². The molecule has 0 bridgehead atoms. The Morgan fingerprint density at radius 3 is 1.55 bits per heavy atom. The van der Waals surface area contributed by atoms with Gasteiger partial charge in [-0.25, -0.2) is 29.1 Å². The third-order valence-electron chi connectivity index (χ3n) is 10.3. The zero-order valence-corrected chi connectivity index (χ0v) is 25.7. The van der Waals surface area contributed by atoms with Crippen molar-refractivity contribution in [1.29, 1.82) is 0 Å². The number of phosphoric acid groups is 2. The van der Waals surface area contributed by atoms with Gasteiger partial charge in [-0.2, -0.15) is 4.31 Å². The van der Waals surface area contributed by atoms with E-state index in [0.717, 1.165) is 12.7 Å². The Kier molecular flexibility index (Phi) is 6.72. The minimum absolute atomic E-state index is 0.0200. The van der Waals surface area contributed by atoms with E-state index in [1.807, 2.05) is 0 Å². The van der Waals surface area contributed by atoms with E-state index in [-0.39, 0.29) is 35.2 Å². The summed E-state index contributed by atoms with van der Waals surface area (Å²) in [6, 6.07) is -1.61. The van der Waals surface area contributed by atoms with E-state index >= 15 is 0 Å². The van der Waals surface area contributed by atoms with E-state index in [2.05, 4.69) is 34.2 Å². The molecular formula is C24H28N8O13P2. The van der Waals surface area contributed by atoms with Gasteiger partial charge in [0.05, 0.1) is 62.8 Å². The zero-order valence-electron chi connectivity index (χ0n) is 23.9. The van der Waals surface area contributed by atoms with Crippen LogP contribution in [0.1, 0.15) is 24.9 Å². The summed E-state index contributed by atoms with van der Waals surface area (Å²) in [7, 11) is -10.6. The van der Waals surface area contributed by atoms with Crippen LogP contribution in [0.15, 0.2) is 34.9 Å². The normalized spacial score (nSPS) is 38.3. The fraction of sp³-hybridized carbons (Fsp3) is 0.583. The highest BCUT2D eigenvalue weighted by Crippen LogP contribution is 2.72. The average Bonchev–Trinajstić information content (AvgIpc) is 3.73. The van der Waals surface area contributed by atoms with Crippen molar-refractivity contribution in [3.05, 3.63) is 46.0 Å². The predicted molar refractivity (Wildman–Crippen MR) is 152 cm³/mol. The van der Waals surface area contributed by atoms with Crippen molar-refractivity contribution >= 4 is 38.0 Å². The van der Waals surface area contributed by atoms with E-state index in [1.165, 1.54) is 21.8 Å². The molecule has 4 aliphatic rings. The fourth-order valence-electron chi connectivity index (χ4n) is 7.80. The average molecular weight is 698 g/mol. The number of H-pyrrole nitrogens is 2. The smallest absolute Gasteiger partial charge is 0.390 e. The molecule has 0 aliphatic heterocycles. The first-order valence-electron chi connectivity index (χ1n) is 14.4. The topological polar surface area (TPSA) is 310 Å². The van der Waals surface area contributed by atoms with Crippen LogP contribution < -0.4 is 11.1 Å². The number of nitrogens with zero attached hydrogens (tertiary/aromatic N) is 6. The molecule has 4 saturated carbocycles. The Bertz CT molecular complexity index is 1990. The van der Waals surface area contributed by atoms with Gasteiger partial charge >= 0.3 is 15.6 Å². The third-order valence-corrected chi connectivity index (χ3v) is 12.8. The lowest BCUT2D eigenvalue weighted by molar-refractivity contribution is -0.0319. The molecule has 23 heteroatoms. The summed E-state index contributed by atoms with van der Waals surface area (Å²) in [5.41, 5.74) is -3.08. The minimum atomic E-state index is -5.31. The van der Waals surface area contributed by atoms with E-state index in [0.29, 0.717) is 0 Å². The SMILES string of the molecule is O=c1[nH]cnc2c1ncn2[C@H]1[C@H](O)[C@H](O)[C@]2(COP(=O)(O)OP(=O)(O)OC[C@@]34C[C@@H]3[C@@H](n3cnc5c(=O)[nH]cnc53)[C@H](O)[C@@H]4O)C[C@H]12. The van der Waals surface area contributed by atoms with Gasteiger partial charge in [-0.1, -0.05) is 0 Å². The molecule has 47 heavy (non-hydrogen) atoms. The summed E-state index contributed by atoms with van der Waals surface area (Å²) in [4.78, 5) is 65.8. The predicted octanol–water partition coefficient (Wildman–Crippen LogP) is -1.93. The summed E-state index contributed by atoms with van der Waals surface area (Å²) in [6.07, 6.45) is -0.276. The monoisotopic (exact) mass is 698 g/mol. The van der Waals surface area contributed by atoms with Crippen LogP contribution in [0.25, 0.3) is 22.3 Å². The van der Waals surface area contributed by atoms with Gasteiger partial charge in [-0.05, 0) is 24.7 Å². The van der Waals surface area contributed by atoms with E-state index in [4.69, 9.17) is 9.05 Å². The Morgan fingerprint density at radius 2 is 1.15 bits per heavy atom. The van der Waals surface area contributed by atoms with Crippen LogP contribution in [0.2, 0.25) is 0 Å². The first-order valence-corrected chi connectivity index (χ1v) is 17.4. The molecular weight excluding hydrogens is 670 g/mol. The van der Waals surface area contributed by atoms with Gasteiger partial charge in [0.2, 0.25) is 0 Å². The number of nitrogens with one attached hydrogen (secondary N) is 2. The summed E-state index contributed by atoms with van der Waals surface area (Å²) >= 11 is 0. The Hall–Kier alpha value is -3.20. The van der Waals surface area contributed by atoms with Crippen LogP contribution in [0.5, 0.6) is 0 Å². The number of aliphatic hydroxyl groups is 4. The highest BCUT2D eigenvalue weighted by atomic mass is 31.3. The maximum Gasteiger partial charge on any atom is 0.481 e. The van der Waals surface area contributed by atoms with Gasteiger partial charge in [0, 0.05) is 10.8 Å². The number of aliphatic hydroxyl groups excluding tert-OH is 4. The van der Waals surface area contributed by atoms with Crippen LogP contribution in [0.3, 0.4) is 0 Å². The number of hydrogen-bond acceptors (Lipinski definition) is 15. The van der Waals surface area contributed by atoms with Gasteiger partial charge in [-0.15, -0.1) is 0 Å². The van der Waals surface area contributed by atoms with Gasteiger partial charge in [-0.3, -0.25) is 18.6 Å². The number of imidazole rings is 2. The summed E-state index contributed by atoms with van der Waals surface area (Å²) in [6.45, 7) is -1.29. The first-order chi connectivity index (χ1) is 22.2. The summed E-state index contributed by atoms with van der Waals surface area (Å²) < 4.78 is 43.0. The second-order valence-electron chi connectivity index (χ2n) is 12.6. The van der Waals surface area contributed by atoms with Crippen LogP contribution in [-0.2, 0) is 22.5 Å². The third kappa shape index (κ3) is 4.57. The molecule has 4 aromatic rings. The van der Waals surface area contributed by atoms with E-state index < -0.39 is 99.1 Å². The molecule has 4 aromatic heterocycles. The lowest BCUT2D eigenvalue weighted by Gasteiger charge is -2.25. The number of hydrogen-bond donors (Lipinski definition) is 8. The van der Waals surface area contributed by atoms with Gasteiger partial charge in [0.1, 0.15) is 12.2 Å². The quantitative estimate of drug-likeness (QED) is 0.0836. The van der Waals surface area contributed by atoms with Crippen molar-refractivity contribution in [1.82, 2.24) is 39.0 Å². The van der Waals surface area contributed by atoms with E-state index in [9.17, 15) is 48.9 Å². The molecule has 252 valence electrons. The molecule has 21 nitrogen and oxygen atoms in total. The maximum absolute atomic E-state index is 12.8. The summed E-state index contributed by atoms with van der Waals surface area (Å²) in [5, 5.41) is 43.4. The molecule has 0 radical (unpaired) electrons. The minimum Gasteiger partial charge on any atom is -0.390 e. The zero-order chi connectivity index (χ0) is 33.3. The van der Waals surface area contributed by atoms with Crippen molar-refractivity contribution in [2.45, 2.75) is 49.3 Å². The molecule has 0 aromatic carbocycles. The molecule has 12 atom stereocenters. The molecule has 0 saturated heterocycles. The molecule has 2 unspecified atom stereocenters. The molecule has 8 rings (SSSR count). The number of aromatic amines is 2. The highest BCUT2D eigenvalue weighted by molar-refractivity contribution is 7.61. The standard InChI is InChI=1S/C24H28N8O13P2/c33-15-13(31-7-29-11-19(31)25-5-27-21(11)37)9-1-23(9,17(15)35)3-43-46(39,40)45-47(41,42)44-4-24-2-10(24)14(16(34)18(24)36)32-8-30-12-20(32)26-6-28-22(12)38/h5-10,13-18,33-36H,1-4H2,(H,39,40)(H,41,42)(H,25,27,37)(H,26,28,38)/t9-,10-,13-,14-,15+,16+,17+,18+,23+,24+/m1/s1. The second kappa shape index (κ2) is 10.2. The number of rotatable bonds is 10. The summed E-state index contributed by atoms with van der Waals surface area (Å²) in [5.74, 6) is -1.00. The number of phosphoric ester groups is 2. The van der Waals surface area contributed by atoms with Crippen LogP contribution in [0, 0.1) is 22.7 Å². The van der Waals surface area contributed by atoms with Crippen molar-refractivity contribution < 1.29 is 52.7 Å². The molecule has 0 spiro atoms. The molecule has 4 heterocycles. The molecule has 8 N–H and O–H groups in total. The molecule has 4 fully saturated rings. The lowest BCUT2D eigenvalue weighted by atomic mass is 10.0. The number of aromatic nitrogens is 8. The van der Waals surface area contributed by atoms with Crippen LogP contribution >= 0.6 is 15.6 Å². The Morgan fingerprint density at radius 1 is 0.745 bits per heavy atom. The van der Waals surface area contributed by atoms with Gasteiger partial charge in [0.25, 0.3) is 11.1 Å². The van der Waals surface area contributed by atoms with Crippen LogP contribution in [-0.4, -0.2) is 107 Å². The number of fused-ring (bicyclic) bond motifs is 4. The van der Waals surface area contributed by atoms with Crippen molar-refractivity contribution in [3.63, 3.8) is 0 Å². The highest BCUT2D eigenvalue weighted by Gasteiger charge is 2.73. The largest absolute Gasteiger partial charge is 0.481 e. The fourth-order valence-corrected chi connectivity index (χ4v) is 10.0. The molecule has 4 aliphatic carbocycles. The lowest BCUT2D eigenvalue weighted by Crippen LogP contribution is -2.36. The van der Waals surface area contributed by atoms with Crippen molar-refractivity contribution in [3.8, 4) is 0 Å². The van der Waals surface area contributed by atoms with Crippen LogP contribution in [0.4, 0.5) is 0 Å². The Balaban J connectivity index is 0.921. The molecule has 0 amide bonds. The first kappa shape index (κ1) is 31.1. The van der Waals surface area contributed by atoms with Gasteiger partial charge < -0.3 is 49.3 Å². The van der Waals surface area contributed by atoms with Gasteiger partial charge in [0.15, 0.2) is 22.3 Å². The maximum atomic E-state index is 12.8. The van der Waals surface area contributed by atoms with Crippen molar-refractivity contribution in [2.75, 3.05) is 13.2 Å².